The van der Waals surface area contributed by atoms with Gasteiger partial charge in [-0.25, -0.2) is 9.79 Å². The molecule has 1 amide bonds. The lowest BCUT2D eigenvalue weighted by atomic mass is 9.92. The van der Waals surface area contributed by atoms with Crippen LogP contribution in [0.15, 0.2) is 75.9 Å². The zero-order chi connectivity index (χ0) is 27.2. The quantitative estimate of drug-likeness (QED) is 0.412. The summed E-state index contributed by atoms with van der Waals surface area (Å²) < 4.78 is 17.0. The Morgan fingerprint density at radius 2 is 1.87 bits per heavy atom. The fourth-order valence-electron chi connectivity index (χ4n) is 4.47. The predicted molar refractivity (Wildman–Crippen MR) is 149 cm³/mol. The van der Waals surface area contributed by atoms with Crippen LogP contribution in [0.4, 0.5) is 0 Å². The van der Waals surface area contributed by atoms with Gasteiger partial charge in [-0.3, -0.25) is 4.79 Å². The average molecular weight is 536 g/mol. The van der Waals surface area contributed by atoms with Crippen LogP contribution in [-0.4, -0.2) is 42.2 Å². The minimum Gasteiger partial charge on any atom is -0.493 e. The van der Waals surface area contributed by atoms with E-state index in [1.807, 2.05) is 79.6 Å². The van der Waals surface area contributed by atoms with Gasteiger partial charge >= 0.3 is 5.97 Å². The molecule has 1 atom stereocenters. The van der Waals surface area contributed by atoms with Crippen LogP contribution in [-0.2, 0) is 20.9 Å². The number of benzene rings is 2. The summed E-state index contributed by atoms with van der Waals surface area (Å²) in [6, 6.07) is 15.0. The largest absolute Gasteiger partial charge is 0.493 e. The van der Waals surface area contributed by atoms with Crippen LogP contribution < -0.4 is 14.8 Å². The summed E-state index contributed by atoms with van der Waals surface area (Å²) in [4.78, 5) is 32.5. The van der Waals surface area contributed by atoms with Crippen molar-refractivity contribution in [3.63, 3.8) is 0 Å². The van der Waals surface area contributed by atoms with Gasteiger partial charge in [-0.05, 0) is 48.9 Å². The van der Waals surface area contributed by atoms with E-state index in [1.54, 1.807) is 7.11 Å². The van der Waals surface area contributed by atoms with Gasteiger partial charge in [0.15, 0.2) is 16.7 Å². The minimum absolute atomic E-state index is 0.0207. The number of nitrogens with zero attached hydrogens (tertiary/aromatic N) is 2. The number of fused-ring (bicyclic) bond motifs is 1. The zero-order valence-corrected chi connectivity index (χ0v) is 23.1. The van der Waals surface area contributed by atoms with Crippen molar-refractivity contribution in [2.75, 3.05) is 14.2 Å². The molecule has 8 nitrogen and oxygen atoms in total. The van der Waals surface area contributed by atoms with Crippen LogP contribution in [0.2, 0.25) is 0 Å². The van der Waals surface area contributed by atoms with Gasteiger partial charge < -0.3 is 24.4 Å². The lowest BCUT2D eigenvalue weighted by molar-refractivity contribution is -0.136. The smallest absolute Gasteiger partial charge is 0.338 e. The minimum atomic E-state index is -0.546. The Hall–Kier alpha value is -3.72. The Labute approximate surface area is 227 Å². The maximum Gasteiger partial charge on any atom is 0.338 e. The third-order valence-electron chi connectivity index (χ3n) is 6.16. The summed E-state index contributed by atoms with van der Waals surface area (Å²) in [6.45, 7) is 6.20. The van der Waals surface area contributed by atoms with Gasteiger partial charge in [0.05, 0.1) is 38.0 Å². The van der Waals surface area contributed by atoms with Crippen molar-refractivity contribution in [1.82, 2.24) is 10.2 Å². The number of carbonyl (C=O) groups is 2. The normalized spacial score (nSPS) is 16.6. The molecule has 0 radical (unpaired) electrons. The molecule has 2 heterocycles. The summed E-state index contributed by atoms with van der Waals surface area (Å²) >= 11 is 1.44. The second-order valence-electron chi connectivity index (χ2n) is 9.18. The molecule has 9 heteroatoms. The highest BCUT2D eigenvalue weighted by molar-refractivity contribution is 8.16. The van der Waals surface area contributed by atoms with Crippen molar-refractivity contribution in [3.8, 4) is 11.5 Å². The molecule has 200 valence electrons. The molecule has 0 fully saturated rings. The molecule has 0 unspecified atom stereocenters. The first-order valence-electron chi connectivity index (χ1n) is 12.5. The Morgan fingerprint density at radius 1 is 1.11 bits per heavy atom. The molecule has 0 spiro atoms. The van der Waals surface area contributed by atoms with E-state index in [1.165, 1.54) is 18.9 Å². The average Bonchev–Trinajstić information content (AvgIpc) is 3.32. The number of ether oxygens (including phenoxy) is 3. The van der Waals surface area contributed by atoms with E-state index in [9.17, 15) is 9.59 Å². The lowest BCUT2D eigenvalue weighted by Crippen LogP contribution is -2.38. The zero-order valence-electron chi connectivity index (χ0n) is 22.3. The topological polar surface area (TPSA) is 89.5 Å². The summed E-state index contributed by atoms with van der Waals surface area (Å²) in [5.74, 6) is 0.576. The monoisotopic (exact) mass is 535 g/mol. The number of aliphatic imine (C=N–C) groups is 1. The van der Waals surface area contributed by atoms with Crippen LogP contribution in [0.3, 0.4) is 0 Å². The number of methoxy groups -OCH3 is 2. The Kier molecular flexibility index (Phi) is 8.78. The van der Waals surface area contributed by atoms with E-state index in [0.717, 1.165) is 22.0 Å². The van der Waals surface area contributed by atoms with Crippen molar-refractivity contribution in [2.24, 2.45) is 4.99 Å². The van der Waals surface area contributed by atoms with E-state index in [4.69, 9.17) is 19.2 Å². The summed E-state index contributed by atoms with van der Waals surface area (Å²) in [5, 5.41) is 5.58. The number of nitrogens with one attached hydrogen (secondary N) is 1. The first-order chi connectivity index (χ1) is 18.4. The molecule has 0 saturated heterocycles. The van der Waals surface area contributed by atoms with Crippen molar-refractivity contribution in [2.45, 2.75) is 52.3 Å². The first-order valence-corrected chi connectivity index (χ1v) is 13.4. The van der Waals surface area contributed by atoms with Gasteiger partial charge in [0.2, 0.25) is 5.91 Å². The molecule has 4 rings (SSSR count). The van der Waals surface area contributed by atoms with E-state index < -0.39 is 12.0 Å². The van der Waals surface area contributed by atoms with Crippen molar-refractivity contribution in [3.05, 3.63) is 82.0 Å². The molecular weight excluding hydrogens is 502 g/mol. The Morgan fingerprint density at radius 3 is 2.53 bits per heavy atom. The lowest BCUT2D eigenvalue weighted by Gasteiger charge is -2.36. The van der Waals surface area contributed by atoms with Gasteiger partial charge in [-0.1, -0.05) is 55.1 Å². The molecule has 2 aromatic carbocycles. The molecule has 0 bridgehead atoms. The number of hydrogen-bond donors (Lipinski definition) is 1. The maximum absolute atomic E-state index is 13.1. The molecule has 0 saturated carbocycles. The van der Waals surface area contributed by atoms with Crippen LogP contribution in [0.5, 0.6) is 11.5 Å². The third-order valence-corrected chi connectivity index (χ3v) is 7.05. The van der Waals surface area contributed by atoms with Crippen LogP contribution in [0, 0.1) is 0 Å². The van der Waals surface area contributed by atoms with E-state index >= 15 is 0 Å². The molecular formula is C29H33N3O5S. The summed E-state index contributed by atoms with van der Waals surface area (Å²) in [7, 11) is 2.95. The third kappa shape index (κ3) is 5.88. The van der Waals surface area contributed by atoms with Crippen LogP contribution in [0.1, 0.15) is 50.8 Å². The summed E-state index contributed by atoms with van der Waals surface area (Å²) in [6.07, 6.45) is 0.712. The Bertz CT molecular complexity index is 1290. The second kappa shape index (κ2) is 12.2. The molecule has 0 aliphatic carbocycles. The molecule has 38 heavy (non-hydrogen) atoms. The second-order valence-corrected chi connectivity index (χ2v) is 10.0. The Balaban J connectivity index is 1.72. The molecule has 2 aliphatic rings. The van der Waals surface area contributed by atoms with Crippen LogP contribution >= 0.6 is 11.8 Å². The maximum atomic E-state index is 13.1. The number of allylic oxidation sites excluding steroid dienone is 1. The fraction of sp³-hybridized carbons (Fsp3) is 0.345. The standard InChI is InChI=1S/C29H33N3O5S/c1-6-22-26(28(34)36-5)27(32-21(17-38-29(32)31-22)15-25(33)30-18(2)3)20-12-13-23(24(14-20)35-4)37-16-19-10-8-7-9-11-19/h7-14,17-18,27H,6,15-16H2,1-5H3,(H,30,33)/t27-/m1/s1. The highest BCUT2D eigenvalue weighted by Gasteiger charge is 2.41. The van der Waals surface area contributed by atoms with E-state index in [2.05, 4.69) is 5.32 Å². The number of hydrogen-bond acceptors (Lipinski definition) is 8. The summed E-state index contributed by atoms with van der Waals surface area (Å²) in [5.41, 5.74) is 3.70. The molecule has 1 N–H and O–H groups in total. The first kappa shape index (κ1) is 27.3. The fourth-order valence-corrected chi connectivity index (χ4v) is 5.41. The van der Waals surface area contributed by atoms with Crippen molar-refractivity contribution in [1.29, 1.82) is 0 Å². The van der Waals surface area contributed by atoms with Gasteiger partial charge in [-0.2, -0.15) is 0 Å². The molecule has 2 aromatic rings. The van der Waals surface area contributed by atoms with Crippen molar-refractivity contribution < 1.29 is 23.8 Å². The van der Waals surface area contributed by atoms with Gasteiger partial charge in [-0.15, -0.1) is 0 Å². The number of amides is 1. The SMILES string of the molecule is CCC1=C(C(=O)OC)[C@@H](c2ccc(OCc3ccccc3)c(OC)c2)N2C(CC(=O)NC(C)C)=CSC2=N1. The van der Waals surface area contributed by atoms with E-state index in [0.29, 0.717) is 35.8 Å². The highest BCUT2D eigenvalue weighted by atomic mass is 32.2. The van der Waals surface area contributed by atoms with Crippen molar-refractivity contribution >= 4 is 28.8 Å². The predicted octanol–water partition coefficient (Wildman–Crippen LogP) is 5.33. The highest BCUT2D eigenvalue weighted by Crippen LogP contribution is 2.46. The number of rotatable bonds is 10. The van der Waals surface area contributed by atoms with Crippen LogP contribution in [0.25, 0.3) is 0 Å². The van der Waals surface area contributed by atoms with Gasteiger partial charge in [0.25, 0.3) is 0 Å². The van der Waals surface area contributed by atoms with E-state index in [-0.39, 0.29) is 18.4 Å². The molecule has 0 aromatic heterocycles. The molecule has 2 aliphatic heterocycles. The number of thioether (sulfide) groups is 1. The van der Waals surface area contributed by atoms with Gasteiger partial charge in [0.1, 0.15) is 6.61 Å². The number of amidine groups is 1. The number of carbonyl (C=O) groups excluding carboxylic acids is 2. The number of esters is 1. The van der Waals surface area contributed by atoms with Gasteiger partial charge in [0, 0.05) is 11.7 Å².